The molecule has 2 heterocycles. The number of rotatable bonds is 2. The first kappa shape index (κ1) is 14.9. The van der Waals surface area contributed by atoms with Gasteiger partial charge in [0.15, 0.2) is 0 Å². The smallest absolute Gasteiger partial charge is 0.254 e. The first-order valence-electron chi connectivity index (χ1n) is 8.06. The maximum absolute atomic E-state index is 12.8. The van der Waals surface area contributed by atoms with Crippen LogP contribution in [0.3, 0.4) is 0 Å². The zero-order valence-electron chi connectivity index (χ0n) is 12.9. The molecule has 4 heteroatoms. The van der Waals surface area contributed by atoms with Gasteiger partial charge in [-0.15, -0.1) is 0 Å². The Morgan fingerprint density at radius 2 is 1.91 bits per heavy atom. The van der Waals surface area contributed by atoms with Crippen LogP contribution >= 0.6 is 15.9 Å². The second-order valence-electron chi connectivity index (χ2n) is 6.38. The molecule has 1 atom stereocenters. The topological polar surface area (TPSA) is 23.6 Å². The number of carbonyl (C=O) groups excluding carboxylic acids is 1. The number of piperazine rings is 1. The van der Waals surface area contributed by atoms with Gasteiger partial charge in [0.05, 0.1) is 0 Å². The summed E-state index contributed by atoms with van der Waals surface area (Å²) in [5, 5.41) is 0. The van der Waals surface area contributed by atoms with E-state index in [1.807, 2.05) is 12.1 Å². The van der Waals surface area contributed by atoms with E-state index in [4.69, 9.17) is 0 Å². The predicted molar refractivity (Wildman–Crippen MR) is 94.4 cm³/mol. The van der Waals surface area contributed by atoms with E-state index >= 15 is 0 Å². The van der Waals surface area contributed by atoms with E-state index in [2.05, 4.69) is 62.1 Å². The standard InChI is InChI=1S/C19H19BrN2O/c20-16-7-6-15-10-17-13-21(12-14-4-2-1-3-5-14)8-9-22(17)19(23)18(15)11-16/h1-7,11,17H,8-10,12-13H2/t17-/m1/s1. The van der Waals surface area contributed by atoms with Gasteiger partial charge in [0.2, 0.25) is 0 Å². The SMILES string of the molecule is O=C1c2cc(Br)ccc2C[C@@H]2CN(Cc3ccccc3)CCN12. The molecule has 0 unspecified atom stereocenters. The average molecular weight is 371 g/mol. The van der Waals surface area contributed by atoms with Gasteiger partial charge in [0.1, 0.15) is 0 Å². The Kier molecular flexibility index (Phi) is 3.95. The Morgan fingerprint density at radius 1 is 1.09 bits per heavy atom. The largest absolute Gasteiger partial charge is 0.333 e. The molecule has 0 radical (unpaired) electrons. The normalized spacial score (nSPS) is 21.0. The molecule has 0 aromatic heterocycles. The van der Waals surface area contributed by atoms with Crippen LogP contribution in [-0.4, -0.2) is 41.4 Å². The summed E-state index contributed by atoms with van der Waals surface area (Å²) in [7, 11) is 0. The molecule has 2 aliphatic rings. The van der Waals surface area contributed by atoms with Crippen LogP contribution < -0.4 is 0 Å². The van der Waals surface area contributed by atoms with Crippen LogP contribution in [0.15, 0.2) is 53.0 Å². The van der Waals surface area contributed by atoms with Crippen LogP contribution in [0.1, 0.15) is 21.5 Å². The summed E-state index contributed by atoms with van der Waals surface area (Å²) < 4.78 is 0.978. The number of benzene rings is 2. The zero-order chi connectivity index (χ0) is 15.8. The molecule has 0 bridgehead atoms. The molecule has 1 fully saturated rings. The molecular weight excluding hydrogens is 352 g/mol. The molecule has 1 amide bonds. The molecule has 0 N–H and O–H groups in total. The molecule has 0 saturated carbocycles. The fourth-order valence-electron chi connectivity index (χ4n) is 3.68. The van der Waals surface area contributed by atoms with Gasteiger partial charge < -0.3 is 4.90 Å². The molecule has 0 aliphatic carbocycles. The van der Waals surface area contributed by atoms with Crippen molar-refractivity contribution in [1.82, 2.24) is 9.80 Å². The maximum Gasteiger partial charge on any atom is 0.254 e. The van der Waals surface area contributed by atoms with Crippen molar-refractivity contribution in [3.8, 4) is 0 Å². The number of hydrogen-bond donors (Lipinski definition) is 0. The average Bonchev–Trinajstić information content (AvgIpc) is 2.57. The molecule has 2 aromatic carbocycles. The summed E-state index contributed by atoms with van der Waals surface area (Å²) in [6, 6.07) is 17.0. The molecule has 2 aromatic rings. The maximum atomic E-state index is 12.8. The van der Waals surface area contributed by atoms with Gasteiger partial charge in [-0.3, -0.25) is 9.69 Å². The number of nitrogens with zero attached hydrogens (tertiary/aromatic N) is 2. The Balaban J connectivity index is 1.52. The van der Waals surface area contributed by atoms with Gasteiger partial charge >= 0.3 is 0 Å². The molecule has 23 heavy (non-hydrogen) atoms. The fraction of sp³-hybridized carbons (Fsp3) is 0.316. The van der Waals surface area contributed by atoms with Crippen molar-refractivity contribution in [1.29, 1.82) is 0 Å². The van der Waals surface area contributed by atoms with E-state index in [0.29, 0.717) is 6.04 Å². The van der Waals surface area contributed by atoms with Crippen LogP contribution in [-0.2, 0) is 13.0 Å². The highest BCUT2D eigenvalue weighted by atomic mass is 79.9. The van der Waals surface area contributed by atoms with E-state index in [1.165, 1.54) is 11.1 Å². The number of amides is 1. The van der Waals surface area contributed by atoms with Crippen LogP contribution in [0.4, 0.5) is 0 Å². The third-order valence-electron chi connectivity index (χ3n) is 4.83. The van der Waals surface area contributed by atoms with Gasteiger partial charge in [-0.25, -0.2) is 0 Å². The summed E-state index contributed by atoms with van der Waals surface area (Å²) in [4.78, 5) is 17.3. The molecule has 2 aliphatic heterocycles. The van der Waals surface area contributed by atoms with Crippen LogP contribution in [0.2, 0.25) is 0 Å². The molecule has 0 spiro atoms. The second-order valence-corrected chi connectivity index (χ2v) is 7.29. The van der Waals surface area contributed by atoms with Crippen molar-refractivity contribution in [3.63, 3.8) is 0 Å². The summed E-state index contributed by atoms with van der Waals surface area (Å²) in [5.41, 5.74) is 3.39. The van der Waals surface area contributed by atoms with Crippen LogP contribution in [0, 0.1) is 0 Å². The molecular formula is C19H19BrN2O. The van der Waals surface area contributed by atoms with Crippen LogP contribution in [0.25, 0.3) is 0 Å². The van der Waals surface area contributed by atoms with Gasteiger partial charge in [0.25, 0.3) is 5.91 Å². The first-order valence-corrected chi connectivity index (χ1v) is 8.86. The minimum absolute atomic E-state index is 0.192. The lowest BCUT2D eigenvalue weighted by Crippen LogP contribution is -2.57. The summed E-state index contributed by atoms with van der Waals surface area (Å²) >= 11 is 3.47. The van der Waals surface area contributed by atoms with Crippen molar-refractivity contribution in [2.45, 2.75) is 19.0 Å². The van der Waals surface area contributed by atoms with E-state index in [-0.39, 0.29) is 5.91 Å². The number of halogens is 1. The van der Waals surface area contributed by atoms with Gasteiger partial charge in [-0.1, -0.05) is 52.3 Å². The quantitative estimate of drug-likeness (QED) is 0.809. The number of carbonyl (C=O) groups is 1. The van der Waals surface area contributed by atoms with Gasteiger partial charge in [-0.2, -0.15) is 0 Å². The monoisotopic (exact) mass is 370 g/mol. The van der Waals surface area contributed by atoms with E-state index in [0.717, 1.165) is 42.6 Å². The van der Waals surface area contributed by atoms with E-state index in [9.17, 15) is 4.79 Å². The highest BCUT2D eigenvalue weighted by Gasteiger charge is 2.36. The Hall–Kier alpha value is -1.65. The summed E-state index contributed by atoms with van der Waals surface area (Å²) in [5.74, 6) is 0.192. The number of hydrogen-bond acceptors (Lipinski definition) is 2. The lowest BCUT2D eigenvalue weighted by atomic mass is 9.91. The summed E-state index contributed by atoms with van der Waals surface area (Å²) in [6.45, 7) is 3.69. The molecule has 4 rings (SSSR count). The molecule has 3 nitrogen and oxygen atoms in total. The molecule has 1 saturated heterocycles. The minimum Gasteiger partial charge on any atom is -0.333 e. The third kappa shape index (κ3) is 2.93. The van der Waals surface area contributed by atoms with Crippen molar-refractivity contribution in [2.75, 3.05) is 19.6 Å². The fourth-order valence-corrected chi connectivity index (χ4v) is 4.04. The predicted octanol–water partition coefficient (Wildman–Crippen LogP) is 3.33. The Labute approximate surface area is 145 Å². The van der Waals surface area contributed by atoms with E-state index in [1.54, 1.807) is 0 Å². The highest BCUT2D eigenvalue weighted by molar-refractivity contribution is 9.10. The molecule has 118 valence electrons. The van der Waals surface area contributed by atoms with E-state index < -0.39 is 0 Å². The van der Waals surface area contributed by atoms with Crippen molar-refractivity contribution in [2.24, 2.45) is 0 Å². The Bertz CT molecular complexity index is 731. The van der Waals surface area contributed by atoms with Crippen molar-refractivity contribution in [3.05, 3.63) is 69.7 Å². The summed E-state index contributed by atoms with van der Waals surface area (Å²) in [6.07, 6.45) is 0.958. The first-order chi connectivity index (χ1) is 11.2. The van der Waals surface area contributed by atoms with Crippen LogP contribution in [0.5, 0.6) is 0 Å². The lowest BCUT2D eigenvalue weighted by Gasteiger charge is -2.44. The number of fused-ring (bicyclic) bond motifs is 2. The highest BCUT2D eigenvalue weighted by Crippen LogP contribution is 2.28. The zero-order valence-corrected chi connectivity index (χ0v) is 14.5. The third-order valence-corrected chi connectivity index (χ3v) is 5.33. The van der Waals surface area contributed by atoms with Gasteiger partial charge in [-0.05, 0) is 29.7 Å². The van der Waals surface area contributed by atoms with Crippen molar-refractivity contribution < 1.29 is 4.79 Å². The second kappa shape index (κ2) is 6.10. The van der Waals surface area contributed by atoms with Crippen molar-refractivity contribution >= 4 is 21.8 Å². The Morgan fingerprint density at radius 3 is 2.74 bits per heavy atom. The van der Waals surface area contributed by atoms with Gasteiger partial charge in [0, 0.05) is 42.3 Å². The lowest BCUT2D eigenvalue weighted by molar-refractivity contribution is 0.0402. The minimum atomic E-state index is 0.192.